The van der Waals surface area contributed by atoms with Gasteiger partial charge in [0.25, 0.3) is 0 Å². The van der Waals surface area contributed by atoms with E-state index in [4.69, 9.17) is 11.8 Å². The number of anilines is 1. The fourth-order valence-corrected chi connectivity index (χ4v) is 2.55. The van der Waals surface area contributed by atoms with Crippen molar-refractivity contribution in [3.8, 4) is 0 Å². The monoisotopic (exact) mass is 270 g/mol. The lowest BCUT2D eigenvalue weighted by atomic mass is 10.1. The van der Waals surface area contributed by atoms with E-state index >= 15 is 0 Å². The normalized spacial score (nSPS) is 15.3. The van der Waals surface area contributed by atoms with E-state index in [0.29, 0.717) is 6.67 Å². The number of para-hydroxylation sites is 1. The Labute approximate surface area is 118 Å². The van der Waals surface area contributed by atoms with Crippen molar-refractivity contribution in [1.82, 2.24) is 4.42 Å². The highest BCUT2D eigenvalue weighted by atomic mass is 35.5. The number of hydrogen-bond acceptors (Lipinski definition) is 2. The van der Waals surface area contributed by atoms with Gasteiger partial charge in [-0.15, -0.1) is 0 Å². The summed E-state index contributed by atoms with van der Waals surface area (Å²) in [6.45, 7) is 1.57. The molecule has 0 atom stereocenters. The maximum absolute atomic E-state index is 6.22. The quantitative estimate of drug-likeness (QED) is 0.762. The fraction of sp³-hybridized carbons (Fsp3) is 0.125. The first-order chi connectivity index (χ1) is 9.33. The van der Waals surface area contributed by atoms with Gasteiger partial charge in [-0.1, -0.05) is 48.5 Å². The molecule has 2 aromatic rings. The van der Waals surface area contributed by atoms with E-state index in [1.165, 1.54) is 16.8 Å². The van der Waals surface area contributed by atoms with Crippen molar-refractivity contribution in [2.45, 2.75) is 0 Å². The van der Waals surface area contributed by atoms with Crippen molar-refractivity contribution in [3.63, 3.8) is 0 Å². The van der Waals surface area contributed by atoms with Crippen LogP contribution in [0.3, 0.4) is 0 Å². The van der Waals surface area contributed by atoms with Gasteiger partial charge in [-0.3, -0.25) is 4.42 Å². The molecule has 3 heteroatoms. The van der Waals surface area contributed by atoms with Crippen LogP contribution in [0.25, 0.3) is 5.57 Å². The Morgan fingerprint density at radius 2 is 1.47 bits per heavy atom. The number of rotatable bonds is 2. The number of halogens is 1. The molecule has 0 saturated carbocycles. The SMILES string of the molecule is ClN1C=C(c2ccccc2)CN(c2ccccc2)C1. The molecule has 0 spiro atoms. The van der Waals surface area contributed by atoms with Crippen LogP contribution in [0, 0.1) is 0 Å². The largest absolute Gasteiger partial charge is 0.348 e. The van der Waals surface area contributed by atoms with E-state index in [1.54, 1.807) is 4.42 Å². The molecule has 3 rings (SSSR count). The maximum Gasteiger partial charge on any atom is 0.106 e. The van der Waals surface area contributed by atoms with Crippen molar-refractivity contribution in [3.05, 3.63) is 72.4 Å². The van der Waals surface area contributed by atoms with Crippen LogP contribution in [-0.2, 0) is 0 Å². The van der Waals surface area contributed by atoms with Gasteiger partial charge < -0.3 is 4.90 Å². The summed E-state index contributed by atoms with van der Waals surface area (Å²) in [5, 5.41) is 0. The third-order valence-electron chi connectivity index (χ3n) is 3.23. The zero-order valence-electron chi connectivity index (χ0n) is 10.5. The highest BCUT2D eigenvalue weighted by Crippen LogP contribution is 2.25. The Kier molecular flexibility index (Phi) is 3.43. The minimum atomic E-state index is 0.696. The van der Waals surface area contributed by atoms with Crippen molar-refractivity contribution in [2.24, 2.45) is 0 Å². The molecular formula is C16H15ClN2. The summed E-state index contributed by atoms with van der Waals surface area (Å²) in [7, 11) is 0. The molecule has 0 amide bonds. The molecule has 0 bridgehead atoms. The van der Waals surface area contributed by atoms with Crippen molar-refractivity contribution in [1.29, 1.82) is 0 Å². The molecule has 0 saturated heterocycles. The van der Waals surface area contributed by atoms with E-state index in [-0.39, 0.29) is 0 Å². The summed E-state index contributed by atoms with van der Waals surface area (Å²) in [6.07, 6.45) is 2.01. The molecule has 0 fully saturated rings. The predicted octanol–water partition coefficient (Wildman–Crippen LogP) is 3.96. The first kappa shape index (κ1) is 12.1. The summed E-state index contributed by atoms with van der Waals surface area (Å²) in [5.41, 5.74) is 3.63. The molecular weight excluding hydrogens is 256 g/mol. The molecule has 0 aromatic heterocycles. The topological polar surface area (TPSA) is 6.48 Å². The first-order valence-electron chi connectivity index (χ1n) is 6.31. The minimum Gasteiger partial charge on any atom is -0.348 e. The van der Waals surface area contributed by atoms with Crippen LogP contribution in [-0.4, -0.2) is 17.6 Å². The van der Waals surface area contributed by atoms with Crippen LogP contribution < -0.4 is 4.90 Å². The summed E-state index contributed by atoms with van der Waals surface area (Å²) in [5.74, 6) is 0. The predicted molar refractivity (Wildman–Crippen MR) is 80.8 cm³/mol. The lowest BCUT2D eigenvalue weighted by molar-refractivity contribution is 0.566. The summed E-state index contributed by atoms with van der Waals surface area (Å²) < 4.78 is 1.71. The Bertz CT molecular complexity index is 566. The third kappa shape index (κ3) is 2.74. The van der Waals surface area contributed by atoms with Crippen LogP contribution in [0.4, 0.5) is 5.69 Å². The summed E-state index contributed by atoms with van der Waals surface area (Å²) >= 11 is 6.22. The molecule has 2 aromatic carbocycles. The van der Waals surface area contributed by atoms with Gasteiger partial charge in [-0.2, -0.15) is 0 Å². The zero-order valence-corrected chi connectivity index (χ0v) is 11.3. The van der Waals surface area contributed by atoms with Gasteiger partial charge >= 0.3 is 0 Å². The fourth-order valence-electron chi connectivity index (χ4n) is 2.30. The van der Waals surface area contributed by atoms with Gasteiger partial charge in [-0.05, 0) is 23.3 Å². The smallest absolute Gasteiger partial charge is 0.106 e. The molecule has 1 heterocycles. The molecule has 96 valence electrons. The van der Waals surface area contributed by atoms with Crippen LogP contribution in [0.15, 0.2) is 66.9 Å². The Hall–Kier alpha value is -1.93. The van der Waals surface area contributed by atoms with E-state index in [1.807, 2.05) is 18.3 Å². The highest BCUT2D eigenvalue weighted by molar-refractivity contribution is 6.14. The van der Waals surface area contributed by atoms with Crippen LogP contribution in [0.5, 0.6) is 0 Å². The number of hydrogen-bond donors (Lipinski definition) is 0. The molecule has 0 radical (unpaired) electrons. The average molecular weight is 271 g/mol. The molecule has 0 aliphatic carbocycles. The second-order valence-electron chi connectivity index (χ2n) is 4.59. The van der Waals surface area contributed by atoms with Gasteiger partial charge in [0.1, 0.15) is 6.67 Å². The second-order valence-corrected chi connectivity index (χ2v) is 5.03. The lowest BCUT2D eigenvalue weighted by Crippen LogP contribution is -2.36. The Morgan fingerprint density at radius 1 is 0.842 bits per heavy atom. The van der Waals surface area contributed by atoms with E-state index < -0.39 is 0 Å². The first-order valence-corrected chi connectivity index (χ1v) is 6.65. The summed E-state index contributed by atoms with van der Waals surface area (Å²) in [6, 6.07) is 20.7. The van der Waals surface area contributed by atoms with Crippen molar-refractivity contribution in [2.75, 3.05) is 18.1 Å². The standard InChI is InChI=1S/C16H15ClN2/c17-19-12-15(14-7-3-1-4-8-14)11-18(13-19)16-9-5-2-6-10-16/h1-10,12H,11,13H2. The third-order valence-corrected chi connectivity index (χ3v) is 3.43. The van der Waals surface area contributed by atoms with Crippen LogP contribution in [0.2, 0.25) is 0 Å². The van der Waals surface area contributed by atoms with E-state index in [2.05, 4.69) is 53.4 Å². The summed E-state index contributed by atoms with van der Waals surface area (Å²) in [4.78, 5) is 2.26. The molecule has 1 aliphatic heterocycles. The Balaban J connectivity index is 1.88. The number of nitrogens with zero attached hydrogens (tertiary/aromatic N) is 2. The molecule has 2 nitrogen and oxygen atoms in total. The maximum atomic E-state index is 6.22. The highest BCUT2D eigenvalue weighted by Gasteiger charge is 2.17. The van der Waals surface area contributed by atoms with Gasteiger partial charge in [0.15, 0.2) is 0 Å². The second kappa shape index (κ2) is 5.37. The minimum absolute atomic E-state index is 0.696. The van der Waals surface area contributed by atoms with Crippen molar-refractivity contribution >= 4 is 23.0 Å². The zero-order chi connectivity index (χ0) is 13.1. The average Bonchev–Trinajstić information content (AvgIpc) is 2.48. The molecule has 0 N–H and O–H groups in total. The van der Waals surface area contributed by atoms with E-state index in [0.717, 1.165) is 6.54 Å². The van der Waals surface area contributed by atoms with Crippen molar-refractivity contribution < 1.29 is 0 Å². The van der Waals surface area contributed by atoms with Crippen LogP contribution >= 0.6 is 11.8 Å². The number of benzene rings is 2. The van der Waals surface area contributed by atoms with Crippen LogP contribution in [0.1, 0.15) is 5.56 Å². The van der Waals surface area contributed by atoms with Gasteiger partial charge in [0.05, 0.1) is 0 Å². The molecule has 1 aliphatic rings. The molecule has 19 heavy (non-hydrogen) atoms. The van der Waals surface area contributed by atoms with Gasteiger partial charge in [0, 0.05) is 30.2 Å². The molecule has 0 unspecified atom stereocenters. The Morgan fingerprint density at radius 3 is 2.16 bits per heavy atom. The van der Waals surface area contributed by atoms with Gasteiger partial charge in [0.2, 0.25) is 0 Å². The van der Waals surface area contributed by atoms with E-state index in [9.17, 15) is 0 Å². The lowest BCUT2D eigenvalue weighted by Gasteiger charge is -2.33. The van der Waals surface area contributed by atoms with Gasteiger partial charge in [-0.25, -0.2) is 0 Å².